The average molecular weight is 159 g/mol. The van der Waals surface area contributed by atoms with Gasteiger partial charge in [-0.25, -0.2) is 0 Å². The van der Waals surface area contributed by atoms with Gasteiger partial charge < -0.3 is 15.1 Å². The van der Waals surface area contributed by atoms with E-state index in [0.717, 1.165) is 6.08 Å². The second-order valence-electron chi connectivity index (χ2n) is 2.26. The van der Waals surface area contributed by atoms with Crippen molar-refractivity contribution in [2.45, 2.75) is 6.92 Å². The summed E-state index contributed by atoms with van der Waals surface area (Å²) in [6.45, 7) is 1.62. The van der Waals surface area contributed by atoms with Gasteiger partial charge in [-0.1, -0.05) is 0 Å². The Balaban J connectivity index is 4.00. The molecule has 0 rings (SSSR count). The van der Waals surface area contributed by atoms with E-state index in [4.69, 9.17) is 10.2 Å². The van der Waals surface area contributed by atoms with Crippen molar-refractivity contribution in [1.82, 2.24) is 4.90 Å². The van der Waals surface area contributed by atoms with Crippen molar-refractivity contribution in [1.29, 1.82) is 0 Å². The van der Waals surface area contributed by atoms with E-state index in [-0.39, 0.29) is 18.3 Å². The molecular formula is C7H13NO3. The number of likely N-dealkylation sites (N-methyl/N-ethyl adjacent to an activating group) is 1. The van der Waals surface area contributed by atoms with E-state index in [1.54, 1.807) is 7.05 Å². The summed E-state index contributed by atoms with van der Waals surface area (Å²) in [6.07, 6.45) is 1.11. The quantitative estimate of drug-likeness (QED) is 0.444. The smallest absolute Gasteiger partial charge is 0.190 e. The van der Waals surface area contributed by atoms with Crippen LogP contribution in [0.25, 0.3) is 0 Å². The van der Waals surface area contributed by atoms with Crippen LogP contribution in [0.1, 0.15) is 6.92 Å². The third kappa shape index (κ3) is 4.38. The largest absolute Gasteiger partial charge is 0.495 e. The van der Waals surface area contributed by atoms with Gasteiger partial charge in [0.1, 0.15) is 0 Å². The predicted octanol–water partition coefficient (Wildman–Crippen LogP) is -0.101. The summed E-state index contributed by atoms with van der Waals surface area (Å²) in [5.41, 5.74) is 0. The topological polar surface area (TPSA) is 60.8 Å². The zero-order valence-corrected chi connectivity index (χ0v) is 6.74. The molecule has 0 aromatic heterocycles. The molecule has 0 spiro atoms. The first-order chi connectivity index (χ1) is 5.07. The van der Waals surface area contributed by atoms with Gasteiger partial charge >= 0.3 is 0 Å². The van der Waals surface area contributed by atoms with Crippen LogP contribution in [-0.2, 0) is 4.79 Å². The minimum Gasteiger partial charge on any atom is -0.495 e. The molecule has 0 saturated heterocycles. The first-order valence-electron chi connectivity index (χ1n) is 3.31. The minimum atomic E-state index is -0.215. The van der Waals surface area contributed by atoms with E-state index in [2.05, 4.69) is 0 Å². The van der Waals surface area contributed by atoms with Gasteiger partial charge in [0.25, 0.3) is 0 Å². The van der Waals surface area contributed by atoms with Crippen LogP contribution in [0.2, 0.25) is 0 Å². The van der Waals surface area contributed by atoms with Gasteiger partial charge in [-0.15, -0.1) is 0 Å². The Hall–Kier alpha value is -1.03. The fourth-order valence-electron chi connectivity index (χ4n) is 0.557. The molecule has 2 N–H and O–H groups in total. The van der Waals surface area contributed by atoms with Crippen molar-refractivity contribution in [3.63, 3.8) is 0 Å². The molecule has 0 aromatic rings. The number of ketones is 1. The predicted molar refractivity (Wildman–Crippen MR) is 41.1 cm³/mol. The van der Waals surface area contributed by atoms with Crippen molar-refractivity contribution < 1.29 is 15.0 Å². The highest BCUT2D eigenvalue weighted by atomic mass is 16.3. The van der Waals surface area contributed by atoms with Crippen LogP contribution in [0.4, 0.5) is 0 Å². The molecule has 0 bridgehead atoms. The van der Waals surface area contributed by atoms with E-state index in [1.807, 2.05) is 0 Å². The molecule has 64 valence electrons. The van der Waals surface area contributed by atoms with Gasteiger partial charge in [0.2, 0.25) is 0 Å². The van der Waals surface area contributed by atoms with Crippen molar-refractivity contribution in [3.8, 4) is 0 Å². The van der Waals surface area contributed by atoms with Gasteiger partial charge in [-0.3, -0.25) is 4.79 Å². The van der Waals surface area contributed by atoms with Crippen molar-refractivity contribution >= 4 is 5.78 Å². The molecule has 4 nitrogen and oxygen atoms in total. The Morgan fingerprint density at radius 3 is 2.55 bits per heavy atom. The summed E-state index contributed by atoms with van der Waals surface area (Å²) < 4.78 is 0. The number of carbonyl (C=O) groups is 1. The maximum absolute atomic E-state index is 10.4. The van der Waals surface area contributed by atoms with Crippen LogP contribution >= 0.6 is 0 Å². The Labute approximate surface area is 65.7 Å². The Morgan fingerprint density at radius 1 is 1.64 bits per heavy atom. The van der Waals surface area contributed by atoms with Crippen molar-refractivity contribution in [2.24, 2.45) is 0 Å². The summed E-state index contributed by atoms with van der Waals surface area (Å²) >= 11 is 0. The summed E-state index contributed by atoms with van der Waals surface area (Å²) in [7, 11) is 1.59. The fourth-order valence-corrected chi connectivity index (χ4v) is 0.557. The van der Waals surface area contributed by atoms with E-state index < -0.39 is 0 Å². The van der Waals surface area contributed by atoms with Crippen LogP contribution in [0, 0.1) is 0 Å². The lowest BCUT2D eigenvalue weighted by atomic mass is 10.4. The first-order valence-corrected chi connectivity index (χ1v) is 3.31. The molecule has 0 heterocycles. The lowest BCUT2D eigenvalue weighted by Gasteiger charge is -2.15. The molecule has 0 atom stereocenters. The third-order valence-electron chi connectivity index (χ3n) is 1.16. The van der Waals surface area contributed by atoms with Crippen LogP contribution in [0.15, 0.2) is 12.0 Å². The molecule has 0 radical (unpaired) electrons. The zero-order chi connectivity index (χ0) is 8.85. The number of nitrogens with zero attached hydrogens (tertiary/aromatic N) is 1. The molecule has 0 saturated carbocycles. The molecule has 0 aromatic carbocycles. The number of hydrogen-bond donors (Lipinski definition) is 2. The highest BCUT2D eigenvalue weighted by molar-refractivity contribution is 5.87. The second-order valence-corrected chi connectivity index (χ2v) is 2.26. The van der Waals surface area contributed by atoms with Crippen LogP contribution in [0.3, 0.4) is 0 Å². The standard InChI is InChI=1S/C7H13NO3/c1-6(10)5-7(11)8(2)3-4-9/h5,9,11H,3-4H2,1-2H3/b7-5-. The van der Waals surface area contributed by atoms with Gasteiger partial charge in [0, 0.05) is 19.7 Å². The highest BCUT2D eigenvalue weighted by Crippen LogP contribution is 1.94. The number of rotatable bonds is 4. The summed E-state index contributed by atoms with van der Waals surface area (Å²) in [5, 5.41) is 17.5. The normalized spacial score (nSPS) is 11.4. The minimum absolute atomic E-state index is 0.0493. The number of hydrogen-bond acceptors (Lipinski definition) is 4. The molecular weight excluding hydrogens is 146 g/mol. The first kappa shape index (κ1) is 9.97. The monoisotopic (exact) mass is 159 g/mol. The molecule has 11 heavy (non-hydrogen) atoms. The van der Waals surface area contributed by atoms with Crippen LogP contribution < -0.4 is 0 Å². The molecule has 4 heteroatoms. The Bertz CT molecular complexity index is 165. The van der Waals surface area contributed by atoms with Crippen molar-refractivity contribution in [3.05, 3.63) is 12.0 Å². The zero-order valence-electron chi connectivity index (χ0n) is 6.74. The molecule has 0 aliphatic heterocycles. The van der Waals surface area contributed by atoms with E-state index in [0.29, 0.717) is 6.54 Å². The van der Waals surface area contributed by atoms with E-state index in [9.17, 15) is 4.79 Å². The SMILES string of the molecule is CC(=O)/C=C(\O)N(C)CCO. The molecule has 0 aliphatic rings. The second kappa shape index (κ2) is 4.73. The summed E-state index contributed by atoms with van der Waals surface area (Å²) in [4.78, 5) is 11.8. The summed E-state index contributed by atoms with van der Waals surface area (Å²) in [5.74, 6) is -0.334. The van der Waals surface area contributed by atoms with Crippen LogP contribution in [0.5, 0.6) is 0 Å². The molecule has 0 unspecified atom stereocenters. The van der Waals surface area contributed by atoms with Gasteiger partial charge in [-0.2, -0.15) is 0 Å². The molecule has 0 amide bonds. The average Bonchev–Trinajstić information content (AvgIpc) is 1.86. The molecule has 0 fully saturated rings. The third-order valence-corrected chi connectivity index (χ3v) is 1.16. The lowest BCUT2D eigenvalue weighted by molar-refractivity contribution is -0.112. The van der Waals surface area contributed by atoms with E-state index in [1.165, 1.54) is 11.8 Å². The lowest BCUT2D eigenvalue weighted by Crippen LogP contribution is -2.21. The van der Waals surface area contributed by atoms with Gasteiger partial charge in [0.15, 0.2) is 11.7 Å². The maximum Gasteiger partial charge on any atom is 0.190 e. The van der Waals surface area contributed by atoms with E-state index >= 15 is 0 Å². The highest BCUT2D eigenvalue weighted by Gasteiger charge is 2.00. The Kier molecular flexibility index (Phi) is 4.29. The van der Waals surface area contributed by atoms with Gasteiger partial charge in [0.05, 0.1) is 6.61 Å². The number of aliphatic hydroxyl groups is 2. The molecule has 0 aliphatic carbocycles. The number of carbonyl (C=O) groups excluding carboxylic acids is 1. The maximum atomic E-state index is 10.4. The summed E-state index contributed by atoms with van der Waals surface area (Å²) in [6, 6.07) is 0. The number of aliphatic hydroxyl groups excluding tert-OH is 2. The van der Waals surface area contributed by atoms with Gasteiger partial charge in [-0.05, 0) is 6.92 Å². The number of allylic oxidation sites excluding steroid dienone is 1. The Morgan fingerprint density at radius 2 is 2.18 bits per heavy atom. The van der Waals surface area contributed by atoms with Crippen molar-refractivity contribution in [2.75, 3.05) is 20.2 Å². The fraction of sp³-hybridized carbons (Fsp3) is 0.571. The van der Waals surface area contributed by atoms with Crippen LogP contribution in [-0.4, -0.2) is 41.1 Å².